The number of alkyl halides is 2. The van der Waals surface area contributed by atoms with Gasteiger partial charge in [0.1, 0.15) is 0 Å². The van der Waals surface area contributed by atoms with Gasteiger partial charge >= 0.3 is 0 Å². The number of carbonyl (C=O) groups is 1. The molecule has 1 saturated carbocycles. The van der Waals surface area contributed by atoms with E-state index < -0.39 is 38.9 Å². The summed E-state index contributed by atoms with van der Waals surface area (Å²) in [6.45, 7) is 2.85. The number of hydrogen-bond acceptors (Lipinski definition) is 4. The lowest BCUT2D eigenvalue weighted by Gasteiger charge is -2.51. The van der Waals surface area contributed by atoms with Gasteiger partial charge in [-0.2, -0.15) is 4.31 Å². The Morgan fingerprint density at radius 3 is 2.16 bits per heavy atom. The van der Waals surface area contributed by atoms with Gasteiger partial charge in [-0.15, -0.1) is 0 Å². The average molecular weight is 499 g/mol. The molecule has 2 aliphatic rings. The van der Waals surface area contributed by atoms with E-state index in [4.69, 9.17) is 11.6 Å². The highest BCUT2D eigenvalue weighted by Crippen LogP contribution is 2.44. The summed E-state index contributed by atoms with van der Waals surface area (Å²) in [6.07, 6.45) is -0.124. The third-order valence-electron chi connectivity index (χ3n) is 6.71. The highest BCUT2D eigenvalue weighted by molar-refractivity contribution is 7.89. The van der Waals surface area contributed by atoms with Crippen LogP contribution in [0.5, 0.6) is 0 Å². The van der Waals surface area contributed by atoms with Crippen LogP contribution in [0.15, 0.2) is 12.1 Å². The number of benzene rings is 1. The van der Waals surface area contributed by atoms with Crippen molar-refractivity contribution < 1.29 is 30.8 Å². The Balaban J connectivity index is 1.75. The zero-order valence-corrected chi connectivity index (χ0v) is 19.4. The highest BCUT2D eigenvalue weighted by atomic mass is 35.5. The lowest BCUT2D eigenvalue weighted by molar-refractivity contribution is -0.0891. The number of sulfonamides is 1. The molecule has 2 fully saturated rings. The molecule has 0 atom stereocenters. The van der Waals surface area contributed by atoms with E-state index >= 15 is 0 Å². The largest absolute Gasteiger partial charge is 0.295 e. The van der Waals surface area contributed by atoms with Crippen molar-refractivity contribution in [2.75, 3.05) is 31.9 Å². The zero-order valence-electron chi connectivity index (χ0n) is 17.9. The Morgan fingerprint density at radius 1 is 1.03 bits per heavy atom. The fourth-order valence-corrected chi connectivity index (χ4v) is 5.99. The van der Waals surface area contributed by atoms with E-state index in [0.29, 0.717) is 13.1 Å². The van der Waals surface area contributed by atoms with Gasteiger partial charge in [0, 0.05) is 56.5 Å². The Kier molecular flexibility index (Phi) is 7.59. The quantitative estimate of drug-likeness (QED) is 0.315. The number of halogens is 5. The molecule has 0 radical (unpaired) electrons. The number of nitrogens with zero attached hydrogens (tertiary/aromatic N) is 2. The maximum Gasteiger partial charge on any atom is 0.248 e. The van der Waals surface area contributed by atoms with Gasteiger partial charge in [-0.1, -0.05) is 11.6 Å². The summed E-state index contributed by atoms with van der Waals surface area (Å²) in [4.78, 5) is 14.7. The van der Waals surface area contributed by atoms with Crippen molar-refractivity contribution in [3.63, 3.8) is 0 Å². The van der Waals surface area contributed by atoms with Crippen LogP contribution in [-0.4, -0.2) is 66.8 Å². The Hall–Kier alpha value is -1.23. The normalized spacial score (nSPS) is 22.1. The van der Waals surface area contributed by atoms with Gasteiger partial charge < -0.3 is 0 Å². The second kappa shape index (κ2) is 9.56. The second-order valence-corrected chi connectivity index (χ2v) is 11.2. The first-order valence-electron chi connectivity index (χ1n) is 10.7. The van der Waals surface area contributed by atoms with Gasteiger partial charge in [0.2, 0.25) is 15.9 Å². The number of carbonyl (C=O) groups excluding carboxylic acids is 1. The number of rotatable bonds is 7. The maximum atomic E-state index is 13.9. The van der Waals surface area contributed by atoms with Crippen LogP contribution in [0.3, 0.4) is 0 Å². The van der Waals surface area contributed by atoms with Crippen molar-refractivity contribution in [3.8, 4) is 0 Å². The van der Waals surface area contributed by atoms with Crippen molar-refractivity contribution in [2.24, 2.45) is 0 Å². The van der Waals surface area contributed by atoms with Gasteiger partial charge in [0.25, 0.3) is 0 Å². The Morgan fingerprint density at radius 2 is 1.59 bits per heavy atom. The van der Waals surface area contributed by atoms with Crippen LogP contribution in [0.4, 0.5) is 17.6 Å². The molecule has 0 N–H and O–H groups in total. The summed E-state index contributed by atoms with van der Waals surface area (Å²) < 4.78 is 80.4. The molecule has 1 aliphatic heterocycles. The van der Waals surface area contributed by atoms with E-state index in [1.165, 1.54) is 4.31 Å². The summed E-state index contributed by atoms with van der Waals surface area (Å²) in [5.41, 5.74) is -0.828. The standard InChI is InChI=1S/C21H27ClF4N2O3S/c1-2-32(30,31)28-11-9-27(10-12-28)20(5-7-21(25,26)8-6-20)4-3-19(29)15-13-17(23)18(24)14-16(15)22/h13-14H,2-12H2,1H3. The predicted molar refractivity (Wildman–Crippen MR) is 114 cm³/mol. The first-order valence-corrected chi connectivity index (χ1v) is 12.7. The molecule has 1 aromatic carbocycles. The van der Waals surface area contributed by atoms with Gasteiger partial charge in [0.05, 0.1) is 10.8 Å². The van der Waals surface area contributed by atoms with Gasteiger partial charge in [-0.3, -0.25) is 9.69 Å². The van der Waals surface area contributed by atoms with Crippen molar-refractivity contribution in [1.82, 2.24) is 9.21 Å². The van der Waals surface area contributed by atoms with Crippen molar-refractivity contribution in [2.45, 2.75) is 56.9 Å². The van der Waals surface area contributed by atoms with E-state index in [1.807, 2.05) is 4.90 Å². The van der Waals surface area contributed by atoms with E-state index in [-0.39, 0.29) is 68.0 Å². The molecule has 1 heterocycles. The molecular formula is C21H27ClF4N2O3S. The van der Waals surface area contributed by atoms with Crippen LogP contribution in [0, 0.1) is 11.6 Å². The number of hydrogen-bond donors (Lipinski definition) is 0. The lowest BCUT2D eigenvalue weighted by Crippen LogP contribution is -2.60. The van der Waals surface area contributed by atoms with Crippen molar-refractivity contribution in [3.05, 3.63) is 34.4 Å². The first kappa shape index (κ1) is 25.4. The van der Waals surface area contributed by atoms with E-state index in [1.54, 1.807) is 6.92 Å². The van der Waals surface area contributed by atoms with E-state index in [9.17, 15) is 30.8 Å². The molecule has 0 amide bonds. The summed E-state index contributed by atoms with van der Waals surface area (Å²) in [5.74, 6) is -5.61. The highest BCUT2D eigenvalue weighted by Gasteiger charge is 2.47. The summed E-state index contributed by atoms with van der Waals surface area (Å²) in [6, 6.07) is 1.50. The molecule has 0 bridgehead atoms. The van der Waals surface area contributed by atoms with Crippen molar-refractivity contribution >= 4 is 27.4 Å². The second-order valence-electron chi connectivity index (χ2n) is 8.54. The van der Waals surface area contributed by atoms with Crippen LogP contribution in [-0.2, 0) is 10.0 Å². The van der Waals surface area contributed by atoms with E-state index in [2.05, 4.69) is 0 Å². The zero-order chi connectivity index (χ0) is 23.7. The Bertz CT molecular complexity index is 956. The van der Waals surface area contributed by atoms with E-state index in [0.717, 1.165) is 12.1 Å². The van der Waals surface area contributed by atoms with Crippen LogP contribution in [0.2, 0.25) is 5.02 Å². The minimum atomic E-state index is -3.34. The molecule has 0 unspecified atom stereocenters. The molecule has 0 spiro atoms. The molecule has 0 aromatic heterocycles. The smallest absolute Gasteiger partial charge is 0.248 e. The van der Waals surface area contributed by atoms with Crippen LogP contribution >= 0.6 is 11.6 Å². The van der Waals surface area contributed by atoms with Crippen molar-refractivity contribution in [1.29, 1.82) is 0 Å². The van der Waals surface area contributed by atoms with Gasteiger partial charge in [-0.05, 0) is 38.3 Å². The molecule has 180 valence electrons. The molecule has 1 saturated heterocycles. The van der Waals surface area contributed by atoms with Crippen LogP contribution in [0.25, 0.3) is 0 Å². The Labute approximate surface area is 190 Å². The summed E-state index contributed by atoms with van der Waals surface area (Å²) in [5, 5.41) is -0.198. The minimum absolute atomic E-state index is 0.00610. The summed E-state index contributed by atoms with van der Waals surface area (Å²) in [7, 11) is -3.34. The first-order chi connectivity index (χ1) is 14.9. The molecule has 11 heteroatoms. The number of piperazine rings is 1. The fourth-order valence-electron chi connectivity index (χ4n) is 4.65. The SMILES string of the molecule is CCS(=O)(=O)N1CCN(C2(CCC(=O)c3cc(F)c(F)cc3Cl)CCC(F)(F)CC2)CC1. The molecular weight excluding hydrogens is 472 g/mol. The fraction of sp³-hybridized carbons (Fsp3) is 0.667. The number of ketones is 1. The minimum Gasteiger partial charge on any atom is -0.295 e. The molecule has 5 nitrogen and oxygen atoms in total. The van der Waals surface area contributed by atoms with Crippen LogP contribution in [0.1, 0.15) is 55.8 Å². The van der Waals surface area contributed by atoms with Gasteiger partial charge in [-0.25, -0.2) is 26.0 Å². The predicted octanol–water partition coefficient (Wildman–Crippen LogP) is 4.50. The maximum absolute atomic E-state index is 13.9. The average Bonchev–Trinajstić information content (AvgIpc) is 2.76. The summed E-state index contributed by atoms with van der Waals surface area (Å²) >= 11 is 5.91. The molecule has 1 aromatic rings. The molecule has 32 heavy (non-hydrogen) atoms. The number of Topliss-reactive ketones (excluding diaryl/α,β-unsaturated/α-hetero) is 1. The van der Waals surface area contributed by atoms with Crippen LogP contribution < -0.4 is 0 Å². The monoisotopic (exact) mass is 498 g/mol. The van der Waals surface area contributed by atoms with Gasteiger partial charge in [0.15, 0.2) is 17.4 Å². The lowest BCUT2D eigenvalue weighted by atomic mass is 9.74. The third kappa shape index (κ3) is 5.46. The third-order valence-corrected chi connectivity index (χ3v) is 8.90. The molecule has 1 aliphatic carbocycles. The molecule has 3 rings (SSSR count). The topological polar surface area (TPSA) is 57.7 Å².